The Morgan fingerprint density at radius 2 is 2.12 bits per heavy atom. The summed E-state index contributed by atoms with van der Waals surface area (Å²) in [5, 5.41) is 4.26. The van der Waals surface area contributed by atoms with Crippen LogP contribution < -0.4 is 5.73 Å². The minimum atomic E-state index is -0.360. The second-order valence-corrected chi connectivity index (χ2v) is 3.86. The van der Waals surface area contributed by atoms with Gasteiger partial charge in [0.25, 0.3) is 0 Å². The predicted molar refractivity (Wildman–Crippen MR) is 60.9 cm³/mol. The molecule has 1 aromatic heterocycles. The van der Waals surface area contributed by atoms with Crippen molar-refractivity contribution in [3.05, 3.63) is 47.5 Å². The maximum absolute atomic E-state index is 13.7. The van der Waals surface area contributed by atoms with Gasteiger partial charge in [-0.2, -0.15) is 5.10 Å². The van der Waals surface area contributed by atoms with E-state index >= 15 is 0 Å². The molecule has 2 rings (SSSR count). The summed E-state index contributed by atoms with van der Waals surface area (Å²) in [4.78, 5) is 0. The van der Waals surface area contributed by atoms with Crippen LogP contribution in [0.1, 0.15) is 24.2 Å². The Hall–Kier alpha value is -1.68. The monoisotopic (exact) mass is 219 g/mol. The second-order valence-electron chi connectivity index (χ2n) is 3.86. The highest BCUT2D eigenvalue weighted by atomic mass is 19.1. The van der Waals surface area contributed by atoms with Crippen molar-refractivity contribution < 1.29 is 4.39 Å². The summed E-state index contributed by atoms with van der Waals surface area (Å²) in [6.07, 6.45) is 1.80. The van der Waals surface area contributed by atoms with Crippen LogP contribution in [0, 0.1) is 12.7 Å². The molecule has 0 bridgehead atoms. The number of aromatic nitrogens is 2. The molecule has 1 aromatic carbocycles. The third-order valence-electron chi connectivity index (χ3n) is 2.45. The first-order valence-electron chi connectivity index (χ1n) is 5.16. The minimum absolute atomic E-state index is 0.291. The van der Waals surface area contributed by atoms with Gasteiger partial charge in [0.05, 0.1) is 11.4 Å². The average Bonchev–Trinajstić information content (AvgIpc) is 2.63. The van der Waals surface area contributed by atoms with Crippen molar-refractivity contribution in [2.75, 3.05) is 0 Å². The van der Waals surface area contributed by atoms with Gasteiger partial charge in [0.15, 0.2) is 0 Å². The van der Waals surface area contributed by atoms with Crippen LogP contribution in [0.15, 0.2) is 30.5 Å². The molecule has 2 aromatic rings. The van der Waals surface area contributed by atoms with Gasteiger partial charge in [-0.25, -0.2) is 9.07 Å². The van der Waals surface area contributed by atoms with Gasteiger partial charge in [0.1, 0.15) is 5.82 Å². The average molecular weight is 219 g/mol. The summed E-state index contributed by atoms with van der Waals surface area (Å²) >= 11 is 0. The highest BCUT2D eigenvalue weighted by Crippen LogP contribution is 2.22. The molecule has 0 saturated heterocycles. The van der Waals surface area contributed by atoms with Crippen LogP contribution in [-0.4, -0.2) is 9.78 Å². The van der Waals surface area contributed by atoms with Crippen molar-refractivity contribution in [2.45, 2.75) is 19.9 Å². The summed E-state index contributed by atoms with van der Waals surface area (Å²) in [6, 6.07) is 6.40. The van der Waals surface area contributed by atoms with E-state index in [1.54, 1.807) is 23.9 Å². The van der Waals surface area contributed by atoms with Crippen LogP contribution in [0.5, 0.6) is 0 Å². The first-order valence-corrected chi connectivity index (χ1v) is 5.16. The Balaban J connectivity index is 2.60. The van der Waals surface area contributed by atoms with Gasteiger partial charge in [0, 0.05) is 17.8 Å². The number of rotatable bonds is 2. The van der Waals surface area contributed by atoms with E-state index in [4.69, 9.17) is 5.73 Å². The van der Waals surface area contributed by atoms with E-state index < -0.39 is 0 Å². The predicted octanol–water partition coefficient (Wildman–Crippen LogP) is 2.34. The highest BCUT2D eigenvalue weighted by Gasteiger charge is 2.14. The molecule has 16 heavy (non-hydrogen) atoms. The molecular formula is C12H14FN3. The lowest BCUT2D eigenvalue weighted by atomic mass is 10.1. The molecular weight excluding hydrogens is 205 g/mol. The van der Waals surface area contributed by atoms with Crippen LogP contribution >= 0.6 is 0 Å². The molecule has 0 radical (unpaired) electrons. The fourth-order valence-corrected chi connectivity index (χ4v) is 1.73. The summed E-state index contributed by atoms with van der Waals surface area (Å²) in [7, 11) is 0. The lowest BCUT2D eigenvalue weighted by molar-refractivity contribution is 0.589. The number of benzene rings is 1. The van der Waals surface area contributed by atoms with Crippen molar-refractivity contribution in [3.63, 3.8) is 0 Å². The van der Waals surface area contributed by atoms with Crippen molar-refractivity contribution in [3.8, 4) is 5.69 Å². The van der Waals surface area contributed by atoms with Crippen LogP contribution in [0.3, 0.4) is 0 Å². The molecule has 1 heterocycles. The maximum atomic E-state index is 13.7. The topological polar surface area (TPSA) is 43.8 Å². The van der Waals surface area contributed by atoms with Crippen LogP contribution in [0.2, 0.25) is 0 Å². The molecule has 0 fully saturated rings. The largest absolute Gasteiger partial charge is 0.324 e. The zero-order valence-corrected chi connectivity index (χ0v) is 9.31. The molecule has 84 valence electrons. The highest BCUT2D eigenvalue weighted by molar-refractivity contribution is 5.43. The van der Waals surface area contributed by atoms with E-state index in [-0.39, 0.29) is 11.9 Å². The number of aryl methyl sites for hydroxylation is 1. The quantitative estimate of drug-likeness (QED) is 0.842. The molecule has 0 aliphatic rings. The van der Waals surface area contributed by atoms with Gasteiger partial charge in [-0.1, -0.05) is 6.07 Å². The number of hydrogen-bond acceptors (Lipinski definition) is 2. The first-order chi connectivity index (χ1) is 7.59. The molecule has 0 aliphatic heterocycles. The Morgan fingerprint density at radius 3 is 2.69 bits per heavy atom. The van der Waals surface area contributed by atoms with Crippen molar-refractivity contribution in [1.82, 2.24) is 9.78 Å². The fourth-order valence-electron chi connectivity index (χ4n) is 1.73. The third-order valence-corrected chi connectivity index (χ3v) is 2.45. The van der Waals surface area contributed by atoms with Gasteiger partial charge in [-0.05, 0) is 32.0 Å². The first kappa shape index (κ1) is 10.8. The maximum Gasteiger partial charge on any atom is 0.130 e. The van der Waals surface area contributed by atoms with Crippen molar-refractivity contribution in [1.29, 1.82) is 0 Å². The Morgan fingerprint density at radius 1 is 1.38 bits per heavy atom. The standard InChI is InChI=1S/C12H14FN3/c1-8-6-7-16(15-8)11-5-3-4-10(13)12(11)9(2)14/h3-7,9H,14H2,1-2H3/t9-/m0/s1. The number of nitrogens with zero attached hydrogens (tertiary/aromatic N) is 2. The Bertz CT molecular complexity index is 503. The molecule has 0 unspecified atom stereocenters. The molecule has 3 nitrogen and oxygen atoms in total. The van der Waals surface area contributed by atoms with E-state index in [0.717, 1.165) is 5.69 Å². The van der Waals surface area contributed by atoms with E-state index in [9.17, 15) is 4.39 Å². The third kappa shape index (κ3) is 1.84. The lowest BCUT2D eigenvalue weighted by Crippen LogP contribution is -2.12. The van der Waals surface area contributed by atoms with E-state index in [2.05, 4.69) is 5.10 Å². The fraction of sp³-hybridized carbons (Fsp3) is 0.250. The molecule has 0 aliphatic carbocycles. The van der Waals surface area contributed by atoms with E-state index in [1.165, 1.54) is 6.07 Å². The summed E-state index contributed by atoms with van der Waals surface area (Å²) < 4.78 is 15.3. The molecule has 1 atom stereocenters. The molecule has 0 saturated carbocycles. The number of hydrogen-bond donors (Lipinski definition) is 1. The summed E-state index contributed by atoms with van der Waals surface area (Å²) in [5.41, 5.74) is 7.86. The smallest absolute Gasteiger partial charge is 0.130 e. The number of halogens is 1. The van der Waals surface area contributed by atoms with Gasteiger partial charge >= 0.3 is 0 Å². The van der Waals surface area contributed by atoms with Gasteiger partial charge in [0.2, 0.25) is 0 Å². The van der Waals surface area contributed by atoms with E-state index in [0.29, 0.717) is 11.3 Å². The lowest BCUT2D eigenvalue weighted by Gasteiger charge is -2.13. The Kier molecular flexibility index (Phi) is 2.75. The molecule has 2 N–H and O–H groups in total. The summed E-state index contributed by atoms with van der Waals surface area (Å²) in [6.45, 7) is 3.65. The number of nitrogens with two attached hydrogens (primary N) is 1. The second kappa shape index (κ2) is 4.06. The van der Waals surface area contributed by atoms with Gasteiger partial charge < -0.3 is 5.73 Å². The Labute approximate surface area is 93.7 Å². The molecule has 4 heteroatoms. The SMILES string of the molecule is Cc1ccn(-c2cccc(F)c2[C@H](C)N)n1. The van der Waals surface area contributed by atoms with Crippen LogP contribution in [-0.2, 0) is 0 Å². The van der Waals surface area contributed by atoms with Crippen molar-refractivity contribution >= 4 is 0 Å². The van der Waals surface area contributed by atoms with Gasteiger partial charge in [-0.15, -0.1) is 0 Å². The normalized spacial score (nSPS) is 12.8. The minimum Gasteiger partial charge on any atom is -0.324 e. The zero-order valence-electron chi connectivity index (χ0n) is 9.31. The van der Waals surface area contributed by atoms with Crippen LogP contribution in [0.25, 0.3) is 5.69 Å². The van der Waals surface area contributed by atoms with Crippen molar-refractivity contribution in [2.24, 2.45) is 5.73 Å². The van der Waals surface area contributed by atoms with Gasteiger partial charge in [-0.3, -0.25) is 0 Å². The summed E-state index contributed by atoms with van der Waals surface area (Å²) in [5.74, 6) is -0.291. The molecule has 0 spiro atoms. The zero-order chi connectivity index (χ0) is 11.7. The van der Waals surface area contributed by atoms with Crippen LogP contribution in [0.4, 0.5) is 4.39 Å². The molecule has 0 amide bonds. The van der Waals surface area contributed by atoms with E-state index in [1.807, 2.05) is 19.1 Å².